The smallest absolute Gasteiger partial charge is 0.343 e. The molecule has 15 aromatic rings. The summed E-state index contributed by atoms with van der Waals surface area (Å²) < 4.78 is 25.4. The Bertz CT molecular complexity index is 6050. The summed E-state index contributed by atoms with van der Waals surface area (Å²) in [4.78, 5) is 121. The Morgan fingerprint density at radius 3 is 1.09 bits per heavy atom. The molecule has 4 amide bonds. The second-order valence-corrected chi connectivity index (χ2v) is 28.1. The number of halogens is 1. The molecule has 0 bridgehead atoms. The number of fused-ring (bicyclic) bond motifs is 5. The van der Waals surface area contributed by atoms with E-state index >= 15 is 0 Å². The van der Waals surface area contributed by atoms with Gasteiger partial charge in [-0.25, -0.2) is 59.2 Å². The number of primary amides is 4. The first-order valence-corrected chi connectivity index (χ1v) is 41.7. The molecule has 10 heterocycles. The Labute approximate surface area is 743 Å². The van der Waals surface area contributed by atoms with E-state index in [-0.39, 0.29) is 59.3 Å². The third-order valence-corrected chi connectivity index (χ3v) is 18.9. The highest BCUT2D eigenvalue weighted by Crippen LogP contribution is 2.30. The Hall–Kier alpha value is -14.9. The van der Waals surface area contributed by atoms with E-state index in [9.17, 15) is 43.1 Å². The van der Waals surface area contributed by atoms with Gasteiger partial charge in [0.05, 0.1) is 97.6 Å². The number of alkyl halides is 1. The number of hydrogen-bond acceptors (Lipinski definition) is 36. The van der Waals surface area contributed by atoms with Gasteiger partial charge in [-0.15, -0.1) is 0 Å². The molecule has 0 fully saturated rings. The summed E-state index contributed by atoms with van der Waals surface area (Å²) in [7, 11) is -1.00. The number of carbonyl (C=O) groups is 7. The van der Waals surface area contributed by atoms with Gasteiger partial charge in [-0.1, -0.05) is 68.3 Å². The van der Waals surface area contributed by atoms with Crippen LogP contribution in [-0.2, 0) is 19.1 Å². The molecule has 127 heavy (non-hydrogen) atoms. The number of thioether (sulfide) groups is 4. The van der Waals surface area contributed by atoms with E-state index in [1.54, 1.807) is 64.7 Å². The van der Waals surface area contributed by atoms with Crippen LogP contribution in [0.5, 0.6) is 0 Å². The zero-order valence-corrected chi connectivity index (χ0v) is 72.4. The van der Waals surface area contributed by atoms with Crippen LogP contribution >= 0.6 is 47.0 Å². The molecule has 0 unspecified atom stereocenters. The highest BCUT2D eigenvalue weighted by molar-refractivity contribution is 7.99. The molecule has 48 heteroatoms. The first-order valence-electron chi connectivity index (χ1n) is 37.5. The maximum Gasteiger partial charge on any atom is 0.343 e. The lowest BCUT2D eigenvalue weighted by molar-refractivity contribution is -0.119. The number of hydrogen-bond donors (Lipinski definition) is 18. The lowest BCUT2D eigenvalue weighted by Gasteiger charge is -2.15. The molecule has 5 aromatic carbocycles. The van der Waals surface area contributed by atoms with Gasteiger partial charge in [0.1, 0.15) is 51.6 Å². The lowest BCUT2D eigenvalue weighted by atomic mass is 10.2. The average molecular weight is 1820 g/mol. The minimum Gasteiger partial charge on any atom is -0.477 e. The molecular weight excluding hydrogens is 1720 g/mol. The second kappa shape index (κ2) is 51.3. The van der Waals surface area contributed by atoms with Crippen LogP contribution in [0, 0.1) is 6.92 Å². The predicted octanol–water partition coefficient (Wildman–Crippen LogP) is 10.9. The summed E-state index contributed by atoms with van der Waals surface area (Å²) in [6, 6.07) is 27.0. The Morgan fingerprint density at radius 1 is 0.457 bits per heavy atom. The van der Waals surface area contributed by atoms with Crippen molar-refractivity contribution in [2.75, 3.05) is 77.7 Å². The number of carbonyl (C=O) groups excluding carboxylic acids is 6. The first-order chi connectivity index (χ1) is 60.2. The number of aromatic nitrogens is 20. The number of nitrogens with zero attached hydrogens (tertiary/aromatic N) is 15. The van der Waals surface area contributed by atoms with E-state index in [0.29, 0.717) is 80.8 Å². The molecule has 0 aliphatic carbocycles. The number of rotatable bonds is 25. The van der Waals surface area contributed by atoms with Gasteiger partial charge < -0.3 is 87.2 Å². The Morgan fingerprint density at radius 2 is 0.772 bits per heavy atom. The fourth-order valence-corrected chi connectivity index (χ4v) is 11.8. The van der Waals surface area contributed by atoms with E-state index in [0.717, 1.165) is 77.3 Å². The number of esters is 2. The Kier molecular flexibility index (Phi) is 40.8. The van der Waals surface area contributed by atoms with Crippen molar-refractivity contribution in [1.29, 1.82) is 0 Å². The van der Waals surface area contributed by atoms with Crippen LogP contribution in [0.4, 0.5) is 62.0 Å². The number of aromatic carboxylic acids is 1. The molecule has 0 radical (unpaired) electrons. The first kappa shape index (κ1) is 101. The van der Waals surface area contributed by atoms with Gasteiger partial charge in [-0.2, -0.15) is 30.5 Å². The molecule has 0 spiro atoms. The highest BCUT2D eigenvalue weighted by atomic mass is 32.2. The normalized spacial score (nSPS) is 10.7. The highest BCUT2D eigenvalue weighted by Gasteiger charge is 2.21. The number of aryl methyl sites for hydroxylation is 1. The number of nitrogens with two attached hydrogens (primary N) is 6. The van der Waals surface area contributed by atoms with Crippen LogP contribution in [0.15, 0.2) is 174 Å². The second-order valence-electron chi connectivity index (χ2n) is 25.0. The quantitative estimate of drug-likeness (QED) is 0.0109. The predicted molar refractivity (Wildman–Crippen MR) is 493 cm³/mol. The molecule has 0 aliphatic heterocycles. The van der Waals surface area contributed by atoms with Gasteiger partial charge in [0.2, 0.25) is 17.8 Å². The maximum atomic E-state index is 12.1. The molecular formula is C79H97FN32O11S4. The zero-order chi connectivity index (χ0) is 90.7. The van der Waals surface area contributed by atoms with Gasteiger partial charge in [0.25, 0.3) is 11.8 Å². The van der Waals surface area contributed by atoms with Crippen molar-refractivity contribution in [3.05, 3.63) is 186 Å². The number of ether oxygens (including phenoxy) is 2. The number of anilines is 10. The third-order valence-electron chi connectivity index (χ3n) is 16.7. The fourth-order valence-electron chi connectivity index (χ4n) is 10.4. The van der Waals surface area contributed by atoms with E-state index in [1.807, 2.05) is 117 Å². The SMILES string of the molecule is C.CCOC(=O)c1cnc(SC)nc1C.CCOC(=O)c1cnc(SC)nc1Nc1ccc2[nH]ncc2c1.CC[C@@H](N)C(N)=O.CC[C@@H](Nc1ncc(C(N)=O)c(Nc2ccc3[nH]ncc3c2)n1)C(N)=O.CSc1ncc(C(=O)O)c(Nc2ccc3[nH]ncc3c2)n1.CSc1ncc(C(N)=O)c(Nc2ccc3[nH]ncc3c2)n1.N.Nc1ccc2[nH]ncc2c1.O.[2H]CF. The number of carboxylic acids is 1. The molecule has 0 saturated heterocycles. The molecule has 2 atom stereocenters. The monoisotopic (exact) mass is 1820 g/mol. The standard InChI is InChI=1S/C16H18N8O2.C15H15N5O2S.C13H12N6OS.C13H11N5O2S.C9H12N2O2S.C7H7N3.C4H10N2O.CH3F.CH4.H3N.H2O/c1-2-11(14(18)26)22-16-19-7-10(13(17)25)15(23-16)21-9-3-4-12-8(5-9)6-20-24-12;1-3-22-14(21)11-8-16-15(23-2)19-13(11)18-10-4-5-12-9(6-10)7-17-20-12;1-21-13-15-6-9(11(14)20)12(18-13)17-8-2-3-10-7(4-8)5-16-19-10;1-21-13-14-6-9(12(19)20)11(17-13)16-8-2-3-10-7(4-8)5-15-18-10;1-4-13-8(12)7-5-10-9(14-3)11-6(7)2;8-6-1-2-7-5(3-6)4-9-10-7;1-2-3(5)4(6)7;1-2;;;/h3-7,11H,2H2,1H3,(H2,17,25)(H2,18,26)(H,20,24)(H2,19,21,22,23);4-8H,3H2,1-2H3,(H,17,20)(H,16,18,19);2-6H,1H3,(H2,14,20)(H,16,19)(H,15,17,18);2-6H,1H3,(H,15,18)(H,19,20)(H,14,16,17);5H,4H2,1-3H3;1-4H,8H2,(H,9,10);3H,2,5H2,1H3,(H2,6,7);1H3;1H4;1H3;1H2/t11-;;;;;;3-;;;;/m1.....1..../s1/i;;;;;;;1D;;;. The molecule has 0 aliphatic rings. The van der Waals surface area contributed by atoms with Gasteiger partial charge in [0.15, 0.2) is 20.6 Å². The minimum absolute atomic E-state index is 0. The molecule has 28 N–H and O–H groups in total. The summed E-state index contributed by atoms with van der Waals surface area (Å²) in [6.45, 7) is 9.58. The average Bonchev–Trinajstić information content (AvgIpc) is 0.893. The van der Waals surface area contributed by atoms with E-state index < -0.39 is 54.8 Å². The maximum absolute atomic E-state index is 12.1. The zero-order valence-electron chi connectivity index (χ0n) is 70.1. The number of H-pyrrole nitrogens is 5. The van der Waals surface area contributed by atoms with Crippen LogP contribution in [0.25, 0.3) is 54.5 Å². The van der Waals surface area contributed by atoms with Gasteiger partial charge >= 0.3 is 17.9 Å². The molecule has 0 saturated carbocycles. The van der Waals surface area contributed by atoms with Crippen molar-refractivity contribution >= 4 is 201 Å². The number of amides is 4. The number of nitrogens with one attached hydrogen (secondary N) is 10. The number of carboxylic acid groups (broad SMARTS) is 1. The van der Waals surface area contributed by atoms with Crippen molar-refractivity contribution in [2.24, 2.45) is 28.7 Å². The van der Waals surface area contributed by atoms with Crippen LogP contribution in [0.3, 0.4) is 0 Å². The number of nitrogen functional groups attached to an aromatic ring is 1. The van der Waals surface area contributed by atoms with E-state index in [2.05, 4.69) is 127 Å². The van der Waals surface area contributed by atoms with Crippen LogP contribution in [0.1, 0.15) is 107 Å². The molecule has 43 nitrogen and oxygen atoms in total. The largest absolute Gasteiger partial charge is 0.477 e. The minimum atomic E-state index is -1.07. The van der Waals surface area contributed by atoms with Crippen molar-refractivity contribution < 1.29 is 59.4 Å². The van der Waals surface area contributed by atoms with Crippen LogP contribution < -0.4 is 67.1 Å². The topological polar surface area (TPSA) is 713 Å². The van der Waals surface area contributed by atoms with Crippen molar-refractivity contribution in [2.45, 2.75) is 87.6 Å². The van der Waals surface area contributed by atoms with Crippen molar-refractivity contribution in [3.63, 3.8) is 0 Å². The summed E-state index contributed by atoms with van der Waals surface area (Å²) in [5.41, 5.74) is 41.8. The van der Waals surface area contributed by atoms with Crippen molar-refractivity contribution in [3.8, 4) is 0 Å². The van der Waals surface area contributed by atoms with E-state index in [4.69, 9.17) is 45.2 Å². The third kappa shape index (κ3) is 29.7. The number of benzene rings is 5. The van der Waals surface area contributed by atoms with Crippen molar-refractivity contribution in [1.82, 2.24) is 107 Å². The fraction of sp³-hybridized carbons (Fsp3) is 0.215. The molecule has 15 rings (SSSR count). The molecule has 670 valence electrons. The lowest BCUT2D eigenvalue weighted by Crippen LogP contribution is -2.35. The van der Waals surface area contributed by atoms with Crippen LogP contribution in [0.2, 0.25) is 0 Å². The summed E-state index contributed by atoms with van der Waals surface area (Å²) in [5.74, 6) is -2.62. The summed E-state index contributed by atoms with van der Waals surface area (Å²) in [6.07, 6.45) is 24.2. The summed E-state index contributed by atoms with van der Waals surface area (Å²) in [5, 5.41) is 65.5. The number of aromatic amines is 5. The van der Waals surface area contributed by atoms with Gasteiger partial charge in [-0.05, 0) is 150 Å². The van der Waals surface area contributed by atoms with Gasteiger partial charge in [-0.3, -0.25) is 49.1 Å². The van der Waals surface area contributed by atoms with Gasteiger partial charge in [0, 0.05) is 86.4 Å². The van der Waals surface area contributed by atoms with E-state index in [1.165, 1.54) is 78.0 Å². The van der Waals surface area contributed by atoms with Crippen LogP contribution in [-0.4, -0.2) is 210 Å². The summed E-state index contributed by atoms with van der Waals surface area (Å²) >= 11 is 5.58. The molecule has 10 aromatic heterocycles. The Balaban J connectivity index is 0.000000269.